The molecule has 0 heterocycles. The Bertz CT molecular complexity index is 222. The SMILES string of the molecule is CCC(=O)CNC(=O)/C=C/CN(C)C. The molecule has 0 bridgehead atoms. The maximum absolute atomic E-state index is 11.1. The molecule has 0 aliphatic carbocycles. The summed E-state index contributed by atoms with van der Waals surface area (Å²) in [6, 6.07) is 0. The minimum atomic E-state index is -0.214. The van der Waals surface area contributed by atoms with Crippen LogP contribution in [-0.2, 0) is 9.59 Å². The van der Waals surface area contributed by atoms with Crippen LogP contribution in [0.25, 0.3) is 0 Å². The molecular weight excluding hydrogens is 180 g/mol. The van der Waals surface area contributed by atoms with E-state index in [0.717, 1.165) is 6.54 Å². The lowest BCUT2D eigenvalue weighted by Crippen LogP contribution is -2.27. The largest absolute Gasteiger partial charge is 0.345 e. The Morgan fingerprint density at radius 2 is 2.00 bits per heavy atom. The summed E-state index contributed by atoms with van der Waals surface area (Å²) in [5.74, 6) is -0.173. The van der Waals surface area contributed by atoms with Gasteiger partial charge in [0.1, 0.15) is 0 Å². The molecule has 0 spiro atoms. The lowest BCUT2D eigenvalue weighted by molar-refractivity contribution is -0.122. The first-order chi connectivity index (χ1) is 6.56. The summed E-state index contributed by atoms with van der Waals surface area (Å²) in [5.41, 5.74) is 0. The Morgan fingerprint density at radius 3 is 2.50 bits per heavy atom. The molecule has 0 fully saturated rings. The average Bonchev–Trinajstić information content (AvgIpc) is 2.13. The molecule has 80 valence electrons. The molecule has 0 saturated carbocycles. The minimum Gasteiger partial charge on any atom is -0.345 e. The Kier molecular flexibility index (Phi) is 6.66. The van der Waals surface area contributed by atoms with Gasteiger partial charge >= 0.3 is 0 Å². The fourth-order valence-corrected chi connectivity index (χ4v) is 0.740. The Morgan fingerprint density at radius 1 is 1.36 bits per heavy atom. The Labute approximate surface area is 85.0 Å². The van der Waals surface area contributed by atoms with E-state index in [1.54, 1.807) is 13.0 Å². The summed E-state index contributed by atoms with van der Waals surface area (Å²) in [7, 11) is 3.84. The maximum atomic E-state index is 11.1. The second kappa shape index (κ2) is 7.26. The molecule has 0 rings (SSSR count). The van der Waals surface area contributed by atoms with Crippen LogP contribution in [0.4, 0.5) is 0 Å². The van der Waals surface area contributed by atoms with Crippen molar-refractivity contribution in [3.63, 3.8) is 0 Å². The van der Waals surface area contributed by atoms with E-state index in [4.69, 9.17) is 0 Å². The first-order valence-corrected chi connectivity index (χ1v) is 4.67. The van der Waals surface area contributed by atoms with Crippen molar-refractivity contribution in [1.29, 1.82) is 0 Å². The number of ketones is 1. The van der Waals surface area contributed by atoms with E-state index >= 15 is 0 Å². The smallest absolute Gasteiger partial charge is 0.244 e. The lowest BCUT2D eigenvalue weighted by atomic mass is 10.3. The summed E-state index contributed by atoms with van der Waals surface area (Å²) in [4.78, 5) is 23.9. The van der Waals surface area contributed by atoms with Gasteiger partial charge in [-0.15, -0.1) is 0 Å². The molecule has 0 aromatic heterocycles. The van der Waals surface area contributed by atoms with Gasteiger partial charge in [0.25, 0.3) is 0 Å². The summed E-state index contributed by atoms with van der Waals surface area (Å²) >= 11 is 0. The monoisotopic (exact) mass is 198 g/mol. The van der Waals surface area contributed by atoms with E-state index < -0.39 is 0 Å². The molecule has 4 nitrogen and oxygen atoms in total. The molecule has 4 heteroatoms. The van der Waals surface area contributed by atoms with Gasteiger partial charge in [-0.25, -0.2) is 0 Å². The molecule has 14 heavy (non-hydrogen) atoms. The van der Waals surface area contributed by atoms with Gasteiger partial charge in [-0.3, -0.25) is 9.59 Å². The van der Waals surface area contributed by atoms with Gasteiger partial charge in [0, 0.05) is 19.0 Å². The highest BCUT2D eigenvalue weighted by Gasteiger charge is 1.99. The van der Waals surface area contributed by atoms with E-state index in [2.05, 4.69) is 5.32 Å². The van der Waals surface area contributed by atoms with Crippen LogP contribution in [0, 0.1) is 0 Å². The molecule has 0 aliphatic heterocycles. The first kappa shape index (κ1) is 12.8. The number of Topliss-reactive ketones (excluding diaryl/α,β-unsaturated/α-hetero) is 1. The number of hydrogen-bond donors (Lipinski definition) is 1. The van der Waals surface area contributed by atoms with Crippen LogP contribution in [0.15, 0.2) is 12.2 Å². The van der Waals surface area contributed by atoms with Gasteiger partial charge in [0.2, 0.25) is 5.91 Å². The summed E-state index contributed by atoms with van der Waals surface area (Å²) in [5, 5.41) is 2.51. The minimum absolute atomic E-state index is 0.0411. The van der Waals surface area contributed by atoms with Gasteiger partial charge in [-0.1, -0.05) is 13.0 Å². The fraction of sp³-hybridized carbons (Fsp3) is 0.600. The van der Waals surface area contributed by atoms with Crippen LogP contribution in [0.5, 0.6) is 0 Å². The molecule has 0 aromatic carbocycles. The third kappa shape index (κ3) is 7.49. The first-order valence-electron chi connectivity index (χ1n) is 4.67. The van der Waals surface area contributed by atoms with Gasteiger partial charge in [-0.05, 0) is 14.1 Å². The van der Waals surface area contributed by atoms with Crippen molar-refractivity contribution in [1.82, 2.24) is 10.2 Å². The maximum Gasteiger partial charge on any atom is 0.244 e. The summed E-state index contributed by atoms with van der Waals surface area (Å²) in [6.45, 7) is 2.62. The zero-order valence-electron chi connectivity index (χ0n) is 9.04. The molecule has 1 amide bonds. The normalized spacial score (nSPS) is 10.9. The molecular formula is C10H18N2O2. The van der Waals surface area contributed by atoms with E-state index in [9.17, 15) is 9.59 Å². The van der Waals surface area contributed by atoms with Gasteiger partial charge < -0.3 is 10.2 Å². The number of amides is 1. The van der Waals surface area contributed by atoms with Gasteiger partial charge in [0.05, 0.1) is 6.54 Å². The van der Waals surface area contributed by atoms with Crippen LogP contribution >= 0.6 is 0 Å². The summed E-state index contributed by atoms with van der Waals surface area (Å²) in [6.07, 6.45) is 3.66. The quantitative estimate of drug-likeness (QED) is 0.620. The van der Waals surface area contributed by atoms with Crippen molar-refractivity contribution in [3.05, 3.63) is 12.2 Å². The Hall–Kier alpha value is -1.16. The molecule has 0 radical (unpaired) electrons. The van der Waals surface area contributed by atoms with Crippen LogP contribution in [0.2, 0.25) is 0 Å². The number of likely N-dealkylation sites (N-methyl/N-ethyl adjacent to an activating group) is 1. The van der Waals surface area contributed by atoms with E-state index in [1.165, 1.54) is 6.08 Å². The highest BCUT2D eigenvalue weighted by atomic mass is 16.2. The number of carbonyl (C=O) groups excluding carboxylic acids is 2. The molecule has 0 aromatic rings. The predicted molar refractivity (Wildman–Crippen MR) is 56.0 cm³/mol. The highest BCUT2D eigenvalue weighted by Crippen LogP contribution is 1.80. The fourth-order valence-electron chi connectivity index (χ4n) is 0.740. The zero-order valence-corrected chi connectivity index (χ0v) is 9.04. The van der Waals surface area contributed by atoms with Crippen molar-refractivity contribution in [2.45, 2.75) is 13.3 Å². The second-order valence-electron chi connectivity index (χ2n) is 3.27. The standard InChI is InChI=1S/C10H18N2O2/c1-4-9(13)8-11-10(14)6-5-7-12(2)3/h5-6H,4,7-8H2,1-3H3,(H,11,14)/b6-5+. The molecule has 0 atom stereocenters. The van der Waals surface area contributed by atoms with E-state index in [1.807, 2.05) is 19.0 Å². The van der Waals surface area contributed by atoms with Crippen LogP contribution in [0.1, 0.15) is 13.3 Å². The number of carbonyl (C=O) groups is 2. The topological polar surface area (TPSA) is 49.4 Å². The van der Waals surface area contributed by atoms with Crippen molar-refractivity contribution < 1.29 is 9.59 Å². The number of rotatable bonds is 6. The molecule has 1 N–H and O–H groups in total. The van der Waals surface area contributed by atoms with Crippen LogP contribution < -0.4 is 5.32 Å². The number of nitrogens with zero attached hydrogens (tertiary/aromatic N) is 1. The predicted octanol–water partition coefficient (Wildman–Crippen LogP) is 0.199. The van der Waals surface area contributed by atoms with Gasteiger partial charge in [0.15, 0.2) is 5.78 Å². The number of nitrogens with one attached hydrogen (secondary N) is 1. The average molecular weight is 198 g/mol. The second-order valence-corrected chi connectivity index (χ2v) is 3.27. The van der Waals surface area contributed by atoms with E-state index in [-0.39, 0.29) is 18.2 Å². The zero-order chi connectivity index (χ0) is 11.0. The van der Waals surface area contributed by atoms with E-state index in [0.29, 0.717) is 6.42 Å². The van der Waals surface area contributed by atoms with Crippen molar-refractivity contribution in [3.8, 4) is 0 Å². The third-order valence-electron chi connectivity index (χ3n) is 1.59. The van der Waals surface area contributed by atoms with Crippen LogP contribution in [0.3, 0.4) is 0 Å². The van der Waals surface area contributed by atoms with Crippen molar-refractivity contribution in [2.75, 3.05) is 27.2 Å². The third-order valence-corrected chi connectivity index (χ3v) is 1.59. The molecule has 0 saturated heterocycles. The lowest BCUT2D eigenvalue weighted by Gasteiger charge is -2.03. The van der Waals surface area contributed by atoms with Crippen LogP contribution in [-0.4, -0.2) is 43.8 Å². The summed E-state index contributed by atoms with van der Waals surface area (Å²) < 4.78 is 0. The van der Waals surface area contributed by atoms with Gasteiger partial charge in [-0.2, -0.15) is 0 Å². The Balaban J connectivity index is 3.65. The highest BCUT2D eigenvalue weighted by molar-refractivity contribution is 5.91. The molecule has 0 aliphatic rings. The van der Waals surface area contributed by atoms with Crippen molar-refractivity contribution in [2.24, 2.45) is 0 Å². The molecule has 0 unspecified atom stereocenters. The number of hydrogen-bond acceptors (Lipinski definition) is 3. The van der Waals surface area contributed by atoms with Crippen molar-refractivity contribution >= 4 is 11.7 Å².